The first-order chi connectivity index (χ1) is 20.3. The summed E-state index contributed by atoms with van der Waals surface area (Å²) in [4.78, 5) is 31.8. The average Bonchev–Trinajstić information content (AvgIpc) is 3.70. The van der Waals surface area contributed by atoms with E-state index in [-0.39, 0.29) is 23.5 Å². The fourth-order valence-corrected chi connectivity index (χ4v) is 5.72. The summed E-state index contributed by atoms with van der Waals surface area (Å²) < 4.78 is 0. The number of hydrogen-bond donors (Lipinski definition) is 1. The molecule has 0 atom stereocenters. The molecule has 214 valence electrons. The number of carboxylic acid groups (broad SMARTS) is 1. The Labute approximate surface area is 261 Å². The molecule has 0 radical (unpaired) electrons. The van der Waals surface area contributed by atoms with Crippen molar-refractivity contribution in [2.24, 2.45) is 0 Å². The summed E-state index contributed by atoms with van der Waals surface area (Å²) in [6, 6.07) is 16.0. The first kappa shape index (κ1) is 29.8. The van der Waals surface area contributed by atoms with Crippen LogP contribution in [0.25, 0.3) is 62.6 Å². The zero-order valence-electron chi connectivity index (χ0n) is 24.3. The molecular formula is C36H30FeN4O2. The van der Waals surface area contributed by atoms with Crippen molar-refractivity contribution < 1.29 is 27.0 Å². The van der Waals surface area contributed by atoms with Crippen LogP contribution >= 0.6 is 0 Å². The van der Waals surface area contributed by atoms with Crippen molar-refractivity contribution in [2.75, 3.05) is 0 Å². The first-order valence-corrected chi connectivity index (χ1v) is 13.9. The largest absolute Gasteiger partial charge is 2.00 e. The topological polar surface area (TPSA) is 91.3 Å². The van der Waals surface area contributed by atoms with Crippen molar-refractivity contribution in [2.45, 2.75) is 33.6 Å². The Bertz CT molecular complexity index is 2030. The number of hydrogen-bond acceptors (Lipinski definition) is 3. The SMILES string of the molecule is C=CC1=C(C)c2cc3nc(c(-c4ccccc4)c4[n-]c(cc5[n-]c(cc1n2)c(C)c5C=C)c(C)c4CCC(=O)O)C=C3.[Fe+2]. The van der Waals surface area contributed by atoms with Crippen molar-refractivity contribution in [1.82, 2.24) is 19.9 Å². The number of rotatable bonds is 6. The van der Waals surface area contributed by atoms with Gasteiger partial charge < -0.3 is 15.1 Å². The Morgan fingerprint density at radius 1 is 0.884 bits per heavy atom. The second-order valence-corrected chi connectivity index (χ2v) is 10.5. The molecule has 7 heteroatoms. The summed E-state index contributed by atoms with van der Waals surface area (Å²) in [5, 5.41) is 9.58. The van der Waals surface area contributed by atoms with Crippen LogP contribution in [0.15, 0.2) is 67.8 Å². The van der Waals surface area contributed by atoms with E-state index >= 15 is 0 Å². The molecule has 0 amide bonds. The van der Waals surface area contributed by atoms with Gasteiger partial charge in [-0.25, -0.2) is 9.97 Å². The van der Waals surface area contributed by atoms with Gasteiger partial charge in [0.25, 0.3) is 0 Å². The molecular weight excluding hydrogens is 576 g/mol. The smallest absolute Gasteiger partial charge is 0.657 e. The van der Waals surface area contributed by atoms with Crippen molar-refractivity contribution in [3.8, 4) is 11.1 Å². The third kappa shape index (κ3) is 5.34. The Balaban J connectivity index is 0.00000368. The van der Waals surface area contributed by atoms with E-state index in [1.54, 1.807) is 0 Å². The van der Waals surface area contributed by atoms with E-state index in [0.717, 1.165) is 89.4 Å². The van der Waals surface area contributed by atoms with Gasteiger partial charge in [-0.05, 0) is 67.7 Å². The first-order valence-electron chi connectivity index (χ1n) is 13.9. The van der Waals surface area contributed by atoms with Crippen molar-refractivity contribution >= 4 is 57.4 Å². The maximum atomic E-state index is 11.7. The third-order valence-corrected chi connectivity index (χ3v) is 8.01. The van der Waals surface area contributed by atoms with Gasteiger partial charge in [-0.3, -0.25) is 4.79 Å². The van der Waals surface area contributed by atoms with Crippen molar-refractivity contribution in [1.29, 1.82) is 0 Å². The summed E-state index contributed by atoms with van der Waals surface area (Å²) in [5.74, 6) is -0.854. The van der Waals surface area contributed by atoms with Gasteiger partial charge >= 0.3 is 23.0 Å². The van der Waals surface area contributed by atoms with Gasteiger partial charge in [0.1, 0.15) is 0 Å². The molecule has 1 aromatic carbocycles. The average molecular weight is 607 g/mol. The van der Waals surface area contributed by atoms with Crippen molar-refractivity contribution in [3.05, 3.63) is 113 Å². The molecule has 5 heterocycles. The van der Waals surface area contributed by atoms with E-state index in [2.05, 4.69) is 13.2 Å². The molecule has 8 bridgehead atoms. The molecule has 0 saturated heterocycles. The molecule has 6 rings (SSSR count). The molecule has 1 N–H and O–H groups in total. The molecule has 0 spiro atoms. The van der Waals surface area contributed by atoms with Crippen LogP contribution in [0.5, 0.6) is 0 Å². The Morgan fingerprint density at radius 3 is 2.33 bits per heavy atom. The monoisotopic (exact) mass is 606 g/mol. The minimum Gasteiger partial charge on any atom is -0.657 e. The predicted molar refractivity (Wildman–Crippen MR) is 172 cm³/mol. The maximum absolute atomic E-state index is 11.7. The van der Waals surface area contributed by atoms with Gasteiger partial charge in [0.2, 0.25) is 0 Å². The van der Waals surface area contributed by atoms with Gasteiger partial charge in [-0.2, -0.15) is 0 Å². The van der Waals surface area contributed by atoms with Crippen molar-refractivity contribution in [3.63, 3.8) is 0 Å². The summed E-state index contributed by atoms with van der Waals surface area (Å²) in [6.07, 6.45) is 7.96. The number of fused-ring (bicyclic) bond motifs is 8. The van der Waals surface area contributed by atoms with Crippen LogP contribution in [0.3, 0.4) is 0 Å². The summed E-state index contributed by atoms with van der Waals surface area (Å²) in [5.41, 5.74) is 13.7. The number of aliphatic carboxylic acids is 1. The van der Waals surface area contributed by atoms with E-state index in [4.69, 9.17) is 19.9 Å². The van der Waals surface area contributed by atoms with Crippen LogP contribution in [-0.4, -0.2) is 21.0 Å². The van der Waals surface area contributed by atoms with E-state index in [0.29, 0.717) is 6.42 Å². The van der Waals surface area contributed by atoms with Crippen LogP contribution < -0.4 is 9.97 Å². The zero-order chi connectivity index (χ0) is 29.5. The molecule has 0 fully saturated rings. The normalized spacial score (nSPS) is 12.3. The van der Waals surface area contributed by atoms with Gasteiger partial charge in [0, 0.05) is 12.0 Å². The Morgan fingerprint density at radius 2 is 1.63 bits per heavy atom. The number of nitrogens with zero attached hydrogens (tertiary/aromatic N) is 4. The van der Waals surface area contributed by atoms with Gasteiger partial charge in [-0.15, -0.1) is 22.1 Å². The molecule has 4 aromatic rings. The Hall–Kier alpha value is -4.71. The standard InChI is InChI=1S/C36H31N4O2.Fe/c1-6-25-20(3)29-17-24-13-15-28(37-24)35(23-11-9-8-10-12-23)36-27(14-16-34(41)42)22(5)31(40-36)19-33-26(7-2)21(4)30(39-33)18-32(25)38-29;/h6-13,15,17-19H,1-2,14,16H2,3-5H3,(H2-,37,38,39,40,41,42);/q-1;+2/p-1. The van der Waals surface area contributed by atoms with E-state index in [9.17, 15) is 9.90 Å². The molecule has 0 saturated carbocycles. The fourth-order valence-electron chi connectivity index (χ4n) is 5.72. The quantitative estimate of drug-likeness (QED) is 0.198. The number of aromatic nitrogens is 4. The number of allylic oxidation sites excluding steroid dienone is 3. The predicted octanol–water partition coefficient (Wildman–Crippen LogP) is 7.80. The number of aryl methyl sites for hydroxylation is 3. The molecule has 0 unspecified atom stereocenters. The fraction of sp³-hybridized carbons (Fsp3) is 0.139. The number of carboxylic acids is 1. The molecule has 0 aliphatic carbocycles. The van der Waals surface area contributed by atoms with Gasteiger partial charge in [-0.1, -0.05) is 84.5 Å². The molecule has 3 aromatic heterocycles. The molecule has 43 heavy (non-hydrogen) atoms. The number of benzene rings is 1. The zero-order valence-corrected chi connectivity index (χ0v) is 25.4. The minimum atomic E-state index is -0.854. The molecule has 6 nitrogen and oxygen atoms in total. The third-order valence-electron chi connectivity index (χ3n) is 8.01. The molecule has 2 aliphatic heterocycles. The van der Waals surface area contributed by atoms with Crippen LogP contribution in [-0.2, 0) is 28.3 Å². The second-order valence-electron chi connectivity index (χ2n) is 10.5. The van der Waals surface area contributed by atoms with Crippen LogP contribution in [0, 0.1) is 13.8 Å². The summed E-state index contributed by atoms with van der Waals surface area (Å²) >= 11 is 0. The minimum absolute atomic E-state index is 0. The van der Waals surface area contributed by atoms with Crippen LogP contribution in [0.2, 0.25) is 0 Å². The van der Waals surface area contributed by atoms with Gasteiger partial charge in [0.15, 0.2) is 0 Å². The molecule has 2 aliphatic rings. The van der Waals surface area contributed by atoms with E-state index in [1.165, 1.54) is 0 Å². The second kappa shape index (κ2) is 11.9. The van der Waals surface area contributed by atoms with E-state index in [1.807, 2.05) is 93.6 Å². The van der Waals surface area contributed by atoms with Crippen LogP contribution in [0.1, 0.15) is 58.4 Å². The summed E-state index contributed by atoms with van der Waals surface area (Å²) in [7, 11) is 0. The summed E-state index contributed by atoms with van der Waals surface area (Å²) in [6.45, 7) is 14.2. The Kier molecular flexibility index (Phi) is 8.23. The van der Waals surface area contributed by atoms with Gasteiger partial charge in [0.05, 0.1) is 22.8 Å². The number of carbonyl (C=O) groups is 1. The van der Waals surface area contributed by atoms with E-state index < -0.39 is 5.97 Å². The van der Waals surface area contributed by atoms with Crippen LogP contribution in [0.4, 0.5) is 0 Å². The maximum Gasteiger partial charge on any atom is 2.00 e.